The van der Waals surface area contributed by atoms with Crippen LogP contribution in [0, 0.1) is 0 Å². The Labute approximate surface area is 153 Å². The molecule has 2 aromatic rings. The Morgan fingerprint density at radius 1 is 0.893 bits per heavy atom. The highest BCUT2D eigenvalue weighted by molar-refractivity contribution is 7.89. The molecule has 6 nitrogen and oxygen atoms in total. The molecule has 28 heavy (non-hydrogen) atoms. The van der Waals surface area contributed by atoms with Crippen molar-refractivity contribution in [1.82, 2.24) is 4.83 Å². The number of nitrogens with zero attached hydrogens (tertiary/aromatic N) is 1. The van der Waals surface area contributed by atoms with E-state index in [9.17, 15) is 39.9 Å². The molecular formula is C15H10F6N2O4S. The second kappa shape index (κ2) is 7.22. The van der Waals surface area contributed by atoms with Gasteiger partial charge in [-0.2, -0.15) is 39.9 Å². The fraction of sp³-hybridized carbons (Fsp3) is 0.133. The Morgan fingerprint density at radius 3 is 1.89 bits per heavy atom. The van der Waals surface area contributed by atoms with Crippen molar-refractivity contribution in [2.45, 2.75) is 17.2 Å². The molecule has 0 unspecified atom stereocenters. The number of hydrogen-bond acceptors (Lipinski definition) is 5. The molecule has 0 aliphatic carbocycles. The van der Waals surface area contributed by atoms with E-state index < -0.39 is 44.1 Å². The van der Waals surface area contributed by atoms with Crippen LogP contribution in [0.25, 0.3) is 0 Å². The van der Waals surface area contributed by atoms with E-state index >= 15 is 0 Å². The van der Waals surface area contributed by atoms with E-state index in [1.165, 1.54) is 4.83 Å². The van der Waals surface area contributed by atoms with Gasteiger partial charge in [-0.3, -0.25) is 0 Å². The second-order valence-corrected chi connectivity index (χ2v) is 7.00. The summed E-state index contributed by atoms with van der Waals surface area (Å²) in [5, 5.41) is 21.8. The van der Waals surface area contributed by atoms with E-state index in [1.807, 2.05) is 0 Å². The van der Waals surface area contributed by atoms with Gasteiger partial charge in [0.2, 0.25) is 0 Å². The monoisotopic (exact) mass is 428 g/mol. The molecule has 2 aromatic carbocycles. The highest BCUT2D eigenvalue weighted by Gasteiger charge is 2.38. The first-order valence-corrected chi connectivity index (χ1v) is 8.55. The first kappa shape index (κ1) is 21.3. The van der Waals surface area contributed by atoms with Crippen molar-refractivity contribution in [2.24, 2.45) is 5.10 Å². The number of sulfonamides is 1. The van der Waals surface area contributed by atoms with Gasteiger partial charge in [0.15, 0.2) is 0 Å². The fourth-order valence-corrected chi connectivity index (χ4v) is 2.80. The molecular weight excluding hydrogens is 418 g/mol. The highest BCUT2D eigenvalue weighted by Crippen LogP contribution is 2.37. The van der Waals surface area contributed by atoms with E-state index in [-0.39, 0.29) is 29.5 Å². The van der Waals surface area contributed by atoms with Crippen LogP contribution in [0.5, 0.6) is 11.5 Å². The molecule has 0 fully saturated rings. The molecule has 0 heterocycles. The van der Waals surface area contributed by atoms with Gasteiger partial charge < -0.3 is 10.2 Å². The zero-order valence-corrected chi connectivity index (χ0v) is 14.2. The number of alkyl halides is 6. The highest BCUT2D eigenvalue weighted by atomic mass is 32.2. The van der Waals surface area contributed by atoms with Crippen LogP contribution in [-0.2, 0) is 22.4 Å². The molecule has 0 spiro atoms. The van der Waals surface area contributed by atoms with Crippen molar-refractivity contribution in [3.63, 3.8) is 0 Å². The Balaban J connectivity index is 2.40. The van der Waals surface area contributed by atoms with Crippen LogP contribution in [0.15, 0.2) is 46.4 Å². The number of phenolic OH excluding ortho intramolecular Hbond substituents is 2. The molecule has 3 N–H and O–H groups in total. The molecule has 0 radical (unpaired) electrons. The number of hydrazone groups is 1. The summed E-state index contributed by atoms with van der Waals surface area (Å²) in [6.07, 6.45) is -9.69. The molecule has 0 aliphatic rings. The third kappa shape index (κ3) is 5.06. The van der Waals surface area contributed by atoms with Crippen LogP contribution < -0.4 is 4.83 Å². The van der Waals surface area contributed by atoms with Crippen molar-refractivity contribution < 1.29 is 45.0 Å². The van der Waals surface area contributed by atoms with E-state index in [2.05, 4.69) is 5.10 Å². The SMILES string of the molecule is O=S(=O)(NN=Cc1ccc(O)cc1O)c1cc(C(F)(F)F)cc(C(F)(F)F)c1. The summed E-state index contributed by atoms with van der Waals surface area (Å²) < 4.78 is 101. The average molecular weight is 428 g/mol. The summed E-state index contributed by atoms with van der Waals surface area (Å²) in [6, 6.07) is 3.01. The van der Waals surface area contributed by atoms with Gasteiger partial charge >= 0.3 is 12.4 Å². The van der Waals surface area contributed by atoms with Gasteiger partial charge in [0.05, 0.1) is 22.2 Å². The lowest BCUT2D eigenvalue weighted by atomic mass is 10.1. The molecule has 13 heteroatoms. The fourth-order valence-electron chi connectivity index (χ4n) is 1.94. The first-order chi connectivity index (χ1) is 12.7. The summed E-state index contributed by atoms with van der Waals surface area (Å²) in [4.78, 5) is 0.152. The van der Waals surface area contributed by atoms with E-state index in [0.29, 0.717) is 0 Å². The van der Waals surface area contributed by atoms with E-state index in [0.717, 1.165) is 24.4 Å². The summed E-state index contributed by atoms with van der Waals surface area (Å²) in [5.74, 6) is -0.805. The molecule has 0 bridgehead atoms. The van der Waals surface area contributed by atoms with Crippen LogP contribution in [0.2, 0.25) is 0 Å². The van der Waals surface area contributed by atoms with Crippen molar-refractivity contribution in [2.75, 3.05) is 0 Å². The summed E-state index contributed by atoms with van der Waals surface area (Å²) in [7, 11) is -4.90. The average Bonchev–Trinajstić information content (AvgIpc) is 2.55. The largest absolute Gasteiger partial charge is 0.508 e. The van der Waals surface area contributed by atoms with Crippen LogP contribution in [0.1, 0.15) is 16.7 Å². The van der Waals surface area contributed by atoms with E-state index in [1.54, 1.807) is 0 Å². The minimum absolute atomic E-state index is 0.0329. The Hall–Kier alpha value is -2.96. The maximum absolute atomic E-state index is 12.8. The molecule has 152 valence electrons. The van der Waals surface area contributed by atoms with Crippen molar-refractivity contribution in [3.05, 3.63) is 53.1 Å². The van der Waals surface area contributed by atoms with E-state index in [4.69, 9.17) is 5.11 Å². The number of rotatable bonds is 4. The Kier molecular flexibility index (Phi) is 5.50. The lowest BCUT2D eigenvalue weighted by Crippen LogP contribution is -2.21. The zero-order chi connectivity index (χ0) is 21.3. The standard InChI is InChI=1S/C15H10F6N2O4S/c16-14(17,18)9-3-10(15(19,20)21)5-12(4-9)28(26,27)23-22-7-8-1-2-11(24)6-13(8)25/h1-7,23-25H. The number of halogens is 6. The van der Waals surface area contributed by atoms with Crippen molar-refractivity contribution >= 4 is 16.2 Å². The Bertz CT molecular complexity index is 984. The van der Waals surface area contributed by atoms with Gasteiger partial charge in [0, 0.05) is 11.6 Å². The Morgan fingerprint density at radius 2 is 1.43 bits per heavy atom. The van der Waals surface area contributed by atoms with Crippen molar-refractivity contribution in [3.8, 4) is 11.5 Å². The molecule has 0 atom stereocenters. The normalized spacial score (nSPS) is 13.1. The number of nitrogens with one attached hydrogen (secondary N) is 1. The topological polar surface area (TPSA) is 99.0 Å². The molecule has 0 aliphatic heterocycles. The molecule has 2 rings (SSSR count). The number of aromatic hydroxyl groups is 2. The van der Waals surface area contributed by atoms with Gasteiger partial charge in [-0.1, -0.05) is 0 Å². The number of benzene rings is 2. The lowest BCUT2D eigenvalue weighted by molar-refractivity contribution is -0.143. The maximum atomic E-state index is 12.8. The second-order valence-electron chi connectivity index (χ2n) is 5.34. The molecule has 0 aromatic heterocycles. The van der Waals surface area contributed by atoms with Crippen LogP contribution in [0.3, 0.4) is 0 Å². The third-order valence-corrected chi connectivity index (χ3v) is 4.46. The summed E-state index contributed by atoms with van der Waals surface area (Å²) in [5.41, 5.74) is -3.69. The zero-order valence-electron chi connectivity index (χ0n) is 13.4. The van der Waals surface area contributed by atoms with Gasteiger partial charge in [-0.05, 0) is 30.3 Å². The van der Waals surface area contributed by atoms with Crippen molar-refractivity contribution in [1.29, 1.82) is 0 Å². The lowest BCUT2D eigenvalue weighted by Gasteiger charge is -2.14. The first-order valence-electron chi connectivity index (χ1n) is 7.06. The van der Waals surface area contributed by atoms with Gasteiger partial charge in [-0.25, -0.2) is 4.83 Å². The van der Waals surface area contributed by atoms with Gasteiger partial charge in [-0.15, -0.1) is 0 Å². The molecule has 0 saturated carbocycles. The number of hydrogen-bond donors (Lipinski definition) is 3. The third-order valence-electron chi connectivity index (χ3n) is 3.26. The van der Waals surface area contributed by atoms with Crippen LogP contribution >= 0.6 is 0 Å². The minimum atomic E-state index is -5.22. The molecule has 0 saturated heterocycles. The maximum Gasteiger partial charge on any atom is 0.416 e. The summed E-state index contributed by atoms with van der Waals surface area (Å²) >= 11 is 0. The molecule has 0 amide bonds. The van der Waals surface area contributed by atoms with Crippen LogP contribution in [0.4, 0.5) is 26.3 Å². The predicted octanol–water partition coefficient (Wildman–Crippen LogP) is 3.45. The predicted molar refractivity (Wildman–Crippen MR) is 84.1 cm³/mol. The van der Waals surface area contributed by atoms with Gasteiger partial charge in [0.25, 0.3) is 10.0 Å². The quantitative estimate of drug-likeness (QED) is 0.395. The summed E-state index contributed by atoms with van der Waals surface area (Å²) in [6.45, 7) is 0. The van der Waals surface area contributed by atoms with Crippen LogP contribution in [-0.4, -0.2) is 24.8 Å². The number of phenols is 2. The van der Waals surface area contributed by atoms with Gasteiger partial charge in [0.1, 0.15) is 11.5 Å². The minimum Gasteiger partial charge on any atom is -0.508 e. The smallest absolute Gasteiger partial charge is 0.416 e.